The Morgan fingerprint density at radius 1 is 1.27 bits per heavy atom. The number of carbonyl (C=O) groups is 1. The first-order valence-electron chi connectivity index (χ1n) is 7.49. The summed E-state index contributed by atoms with van der Waals surface area (Å²) < 4.78 is 25.4. The van der Waals surface area contributed by atoms with Crippen molar-refractivity contribution >= 4 is 27.3 Å². The van der Waals surface area contributed by atoms with Crippen LogP contribution in [0.15, 0.2) is 0 Å². The molecule has 0 aromatic carbocycles. The van der Waals surface area contributed by atoms with Crippen LogP contribution >= 0.6 is 11.3 Å². The first-order valence-corrected chi connectivity index (χ1v) is 10.2. The SMILES string of the molecule is Cc1nc(C)c(C(=O)NC2CC3CCC(C2)N3S(C)(=O)=O)s1. The minimum Gasteiger partial charge on any atom is -0.348 e. The van der Waals surface area contributed by atoms with Gasteiger partial charge >= 0.3 is 0 Å². The third-order valence-corrected chi connectivity index (χ3v) is 6.93. The number of carbonyl (C=O) groups excluding carboxylic acids is 1. The molecule has 2 atom stereocenters. The third-order valence-electron chi connectivity index (χ3n) is 4.49. The molecule has 8 heteroatoms. The highest BCUT2D eigenvalue weighted by Gasteiger charge is 2.45. The molecule has 2 aliphatic rings. The summed E-state index contributed by atoms with van der Waals surface area (Å²) in [6.45, 7) is 3.73. The zero-order chi connectivity index (χ0) is 16.1. The molecule has 2 unspecified atom stereocenters. The number of fused-ring (bicyclic) bond motifs is 2. The molecule has 0 saturated carbocycles. The van der Waals surface area contributed by atoms with Crippen LogP contribution in [-0.4, -0.2) is 48.0 Å². The van der Waals surface area contributed by atoms with Crippen molar-refractivity contribution in [2.24, 2.45) is 0 Å². The summed E-state index contributed by atoms with van der Waals surface area (Å²) in [6, 6.07) is 0.108. The van der Waals surface area contributed by atoms with Gasteiger partial charge < -0.3 is 5.32 Å². The number of hydrogen-bond acceptors (Lipinski definition) is 5. The molecule has 22 heavy (non-hydrogen) atoms. The van der Waals surface area contributed by atoms with Gasteiger partial charge in [-0.2, -0.15) is 4.31 Å². The first-order chi connectivity index (χ1) is 10.3. The van der Waals surface area contributed by atoms with Gasteiger partial charge in [0, 0.05) is 18.1 Å². The number of amides is 1. The van der Waals surface area contributed by atoms with Gasteiger partial charge in [-0.3, -0.25) is 4.79 Å². The monoisotopic (exact) mass is 343 g/mol. The van der Waals surface area contributed by atoms with Crippen molar-refractivity contribution in [3.05, 3.63) is 15.6 Å². The Hall–Kier alpha value is -0.990. The van der Waals surface area contributed by atoms with Crippen molar-refractivity contribution in [1.29, 1.82) is 0 Å². The summed E-state index contributed by atoms with van der Waals surface area (Å²) in [4.78, 5) is 17.3. The Kier molecular flexibility index (Phi) is 4.03. The molecule has 2 fully saturated rings. The molecular weight excluding hydrogens is 322 g/mol. The van der Waals surface area contributed by atoms with Crippen LogP contribution in [0.1, 0.15) is 46.1 Å². The summed E-state index contributed by atoms with van der Waals surface area (Å²) in [7, 11) is -3.16. The molecule has 2 saturated heterocycles. The Bertz CT molecular complexity index is 684. The van der Waals surface area contributed by atoms with Crippen LogP contribution in [0, 0.1) is 13.8 Å². The van der Waals surface area contributed by atoms with E-state index in [9.17, 15) is 13.2 Å². The average molecular weight is 343 g/mol. The lowest BCUT2D eigenvalue weighted by Gasteiger charge is -2.37. The molecule has 0 spiro atoms. The van der Waals surface area contributed by atoms with E-state index >= 15 is 0 Å². The zero-order valence-electron chi connectivity index (χ0n) is 13.0. The van der Waals surface area contributed by atoms with Gasteiger partial charge in [0.15, 0.2) is 0 Å². The fourth-order valence-electron chi connectivity index (χ4n) is 3.79. The van der Waals surface area contributed by atoms with Crippen LogP contribution < -0.4 is 5.32 Å². The summed E-state index contributed by atoms with van der Waals surface area (Å²) in [5.41, 5.74) is 0.761. The molecule has 3 heterocycles. The molecule has 3 rings (SSSR count). The van der Waals surface area contributed by atoms with E-state index in [1.165, 1.54) is 17.6 Å². The molecule has 2 bridgehead atoms. The van der Waals surface area contributed by atoms with Crippen LogP contribution in [0.3, 0.4) is 0 Å². The zero-order valence-corrected chi connectivity index (χ0v) is 14.6. The lowest BCUT2D eigenvalue weighted by atomic mass is 9.99. The molecular formula is C14H21N3O3S2. The number of nitrogens with one attached hydrogen (secondary N) is 1. The highest BCUT2D eigenvalue weighted by Crippen LogP contribution is 2.37. The van der Waals surface area contributed by atoms with E-state index in [-0.39, 0.29) is 24.0 Å². The molecule has 1 aromatic rings. The summed E-state index contributed by atoms with van der Waals surface area (Å²) in [5.74, 6) is -0.0831. The van der Waals surface area contributed by atoms with Crippen molar-refractivity contribution in [1.82, 2.24) is 14.6 Å². The summed E-state index contributed by atoms with van der Waals surface area (Å²) >= 11 is 1.40. The van der Waals surface area contributed by atoms with Gasteiger partial charge in [0.05, 0.1) is 17.0 Å². The predicted octanol–water partition coefficient (Wildman–Crippen LogP) is 1.44. The lowest BCUT2D eigenvalue weighted by Crippen LogP contribution is -2.52. The second-order valence-corrected chi connectivity index (χ2v) is 9.36. The van der Waals surface area contributed by atoms with E-state index in [2.05, 4.69) is 10.3 Å². The number of rotatable bonds is 3. The second-order valence-electron chi connectivity index (χ2n) is 6.27. The number of thiazole rings is 1. The van der Waals surface area contributed by atoms with Gasteiger partial charge in [0.2, 0.25) is 10.0 Å². The quantitative estimate of drug-likeness (QED) is 0.901. The van der Waals surface area contributed by atoms with E-state index in [1.54, 1.807) is 4.31 Å². The smallest absolute Gasteiger partial charge is 0.263 e. The number of hydrogen-bond donors (Lipinski definition) is 1. The topological polar surface area (TPSA) is 79.4 Å². The molecule has 6 nitrogen and oxygen atoms in total. The Morgan fingerprint density at radius 3 is 2.32 bits per heavy atom. The molecule has 1 N–H and O–H groups in total. The normalized spacial score (nSPS) is 28.8. The van der Waals surface area contributed by atoms with Gasteiger partial charge in [0.1, 0.15) is 4.88 Å². The standard InChI is InChI=1S/C14H21N3O3S2/c1-8-13(21-9(2)15-8)14(18)16-10-6-11-4-5-12(7-10)17(11)22(3,19)20/h10-12H,4-7H2,1-3H3,(H,16,18). The average Bonchev–Trinajstić information content (AvgIpc) is 2.87. The van der Waals surface area contributed by atoms with E-state index in [4.69, 9.17) is 0 Å². The highest BCUT2D eigenvalue weighted by atomic mass is 32.2. The molecule has 1 aromatic heterocycles. The van der Waals surface area contributed by atoms with Crippen molar-refractivity contribution in [2.45, 2.75) is 57.7 Å². The Balaban J connectivity index is 1.69. The van der Waals surface area contributed by atoms with Crippen molar-refractivity contribution in [3.8, 4) is 0 Å². The maximum absolute atomic E-state index is 12.4. The maximum Gasteiger partial charge on any atom is 0.263 e. The number of sulfonamides is 1. The van der Waals surface area contributed by atoms with Crippen LogP contribution in [0.25, 0.3) is 0 Å². The Morgan fingerprint density at radius 2 is 1.86 bits per heavy atom. The van der Waals surface area contributed by atoms with Gasteiger partial charge in [-0.15, -0.1) is 11.3 Å². The maximum atomic E-state index is 12.4. The van der Waals surface area contributed by atoms with Crippen molar-refractivity contribution in [3.63, 3.8) is 0 Å². The van der Waals surface area contributed by atoms with Crippen LogP contribution in [0.4, 0.5) is 0 Å². The first kappa shape index (κ1) is 15.9. The van der Waals surface area contributed by atoms with Crippen molar-refractivity contribution < 1.29 is 13.2 Å². The van der Waals surface area contributed by atoms with Crippen molar-refractivity contribution in [2.75, 3.05) is 6.26 Å². The van der Waals surface area contributed by atoms with E-state index in [1.807, 2.05) is 13.8 Å². The number of nitrogens with zero attached hydrogens (tertiary/aromatic N) is 2. The number of piperidine rings is 1. The van der Waals surface area contributed by atoms with Crippen LogP contribution in [0.5, 0.6) is 0 Å². The minimum absolute atomic E-state index is 0.0309. The molecule has 122 valence electrons. The largest absolute Gasteiger partial charge is 0.348 e. The van der Waals surface area contributed by atoms with E-state index in [0.717, 1.165) is 23.5 Å². The molecule has 2 aliphatic heterocycles. The fraction of sp³-hybridized carbons (Fsp3) is 0.714. The predicted molar refractivity (Wildman–Crippen MR) is 85.6 cm³/mol. The number of aryl methyl sites for hydroxylation is 2. The summed E-state index contributed by atoms with van der Waals surface area (Å²) in [5, 5.41) is 3.96. The van der Waals surface area contributed by atoms with Crippen LogP contribution in [-0.2, 0) is 10.0 Å². The van der Waals surface area contributed by atoms with E-state index < -0.39 is 10.0 Å². The molecule has 0 aliphatic carbocycles. The van der Waals surface area contributed by atoms with E-state index in [0.29, 0.717) is 17.7 Å². The van der Waals surface area contributed by atoms with Crippen LogP contribution in [0.2, 0.25) is 0 Å². The fourth-order valence-corrected chi connectivity index (χ4v) is 6.08. The molecule has 0 radical (unpaired) electrons. The van der Waals surface area contributed by atoms with Gasteiger partial charge in [-0.25, -0.2) is 13.4 Å². The highest BCUT2D eigenvalue weighted by molar-refractivity contribution is 7.88. The minimum atomic E-state index is -3.16. The van der Waals surface area contributed by atoms with Gasteiger partial charge in [0.25, 0.3) is 5.91 Å². The lowest BCUT2D eigenvalue weighted by molar-refractivity contribution is 0.0913. The van der Waals surface area contributed by atoms with Gasteiger partial charge in [-0.1, -0.05) is 0 Å². The Labute approximate surface area is 135 Å². The second kappa shape index (κ2) is 5.58. The molecule has 1 amide bonds. The van der Waals surface area contributed by atoms with Gasteiger partial charge in [-0.05, 0) is 39.5 Å². The third kappa shape index (κ3) is 2.91. The summed E-state index contributed by atoms with van der Waals surface area (Å²) in [6.07, 6.45) is 4.46. The number of aromatic nitrogens is 1.